The monoisotopic (exact) mass is 433 g/mol. The molecule has 3 nitrogen and oxygen atoms in total. The highest BCUT2D eigenvalue weighted by Gasteiger charge is 2.37. The lowest BCUT2D eigenvalue weighted by atomic mass is 9.77. The zero-order valence-corrected chi connectivity index (χ0v) is 15.7. The number of carbonyl (C=O) groups is 1. The van der Waals surface area contributed by atoms with Gasteiger partial charge in [0.05, 0.1) is 11.7 Å². The van der Waals surface area contributed by atoms with Crippen LogP contribution in [0.3, 0.4) is 0 Å². The van der Waals surface area contributed by atoms with Crippen LogP contribution in [0.2, 0.25) is 5.02 Å². The molecule has 2 N–H and O–H groups in total. The number of aliphatic hydroxyl groups excluding tert-OH is 1. The van der Waals surface area contributed by atoms with Crippen LogP contribution < -0.4 is 5.32 Å². The third-order valence-electron chi connectivity index (χ3n) is 4.98. The van der Waals surface area contributed by atoms with E-state index in [4.69, 9.17) is 11.6 Å². The molecule has 1 aliphatic rings. The minimum atomic E-state index is -4.81. The Morgan fingerprint density at radius 1 is 1.07 bits per heavy atom. The molecule has 2 aromatic rings. The topological polar surface area (TPSA) is 49.3 Å². The van der Waals surface area contributed by atoms with Crippen molar-refractivity contribution in [3.05, 3.63) is 69.7 Å². The van der Waals surface area contributed by atoms with E-state index < -0.39 is 52.9 Å². The lowest BCUT2D eigenvalue weighted by Gasteiger charge is -2.36. The lowest BCUT2D eigenvalue weighted by Crippen LogP contribution is -2.46. The number of amides is 1. The SMILES string of the molecule is O=C(NC1CCCC(O)[C@H]1c1cc(F)ccc1Cl)c1cc(F)cc(C(F)(F)F)c1. The van der Waals surface area contributed by atoms with Crippen LogP contribution in [0.5, 0.6) is 0 Å². The van der Waals surface area contributed by atoms with Crippen molar-refractivity contribution in [2.75, 3.05) is 0 Å². The number of hydrogen-bond donors (Lipinski definition) is 2. The first-order valence-corrected chi connectivity index (χ1v) is 9.25. The smallest absolute Gasteiger partial charge is 0.392 e. The molecule has 0 radical (unpaired) electrons. The van der Waals surface area contributed by atoms with E-state index in [1.807, 2.05) is 0 Å². The summed E-state index contributed by atoms with van der Waals surface area (Å²) < 4.78 is 66.0. The van der Waals surface area contributed by atoms with Crippen LogP contribution in [-0.2, 0) is 6.18 Å². The summed E-state index contributed by atoms with van der Waals surface area (Å²) in [5, 5.41) is 13.2. The van der Waals surface area contributed by atoms with Gasteiger partial charge in [-0.2, -0.15) is 13.2 Å². The van der Waals surface area contributed by atoms with Gasteiger partial charge in [-0.1, -0.05) is 11.6 Å². The van der Waals surface area contributed by atoms with E-state index in [-0.39, 0.29) is 5.02 Å². The van der Waals surface area contributed by atoms with Crippen LogP contribution in [0.1, 0.15) is 46.7 Å². The van der Waals surface area contributed by atoms with E-state index in [0.29, 0.717) is 43.0 Å². The van der Waals surface area contributed by atoms with E-state index in [0.717, 1.165) is 12.1 Å². The van der Waals surface area contributed by atoms with E-state index >= 15 is 0 Å². The molecule has 9 heteroatoms. The fourth-order valence-corrected chi connectivity index (χ4v) is 3.91. The van der Waals surface area contributed by atoms with Gasteiger partial charge in [-0.3, -0.25) is 4.79 Å². The van der Waals surface area contributed by atoms with Gasteiger partial charge < -0.3 is 10.4 Å². The summed E-state index contributed by atoms with van der Waals surface area (Å²) in [6.07, 6.45) is -4.43. The van der Waals surface area contributed by atoms with Gasteiger partial charge in [0.1, 0.15) is 11.6 Å². The zero-order valence-electron chi connectivity index (χ0n) is 14.9. The van der Waals surface area contributed by atoms with Crippen molar-refractivity contribution in [1.82, 2.24) is 5.32 Å². The van der Waals surface area contributed by atoms with Gasteiger partial charge in [-0.25, -0.2) is 8.78 Å². The Hall–Kier alpha value is -2.19. The Morgan fingerprint density at radius 3 is 2.48 bits per heavy atom. The summed E-state index contributed by atoms with van der Waals surface area (Å²) in [6, 6.07) is 4.48. The van der Waals surface area contributed by atoms with Gasteiger partial charge in [-0.15, -0.1) is 0 Å². The van der Waals surface area contributed by atoms with Crippen molar-refractivity contribution in [2.45, 2.75) is 43.5 Å². The molecule has 0 spiro atoms. The maximum Gasteiger partial charge on any atom is 0.416 e. The third kappa shape index (κ3) is 4.87. The first kappa shape index (κ1) is 21.5. The quantitative estimate of drug-likeness (QED) is 0.664. The largest absolute Gasteiger partial charge is 0.416 e. The molecule has 0 heterocycles. The maximum absolute atomic E-state index is 13.7. The van der Waals surface area contributed by atoms with Crippen LogP contribution in [0.4, 0.5) is 22.0 Å². The molecule has 0 saturated heterocycles. The number of alkyl halides is 3. The maximum atomic E-state index is 13.7. The highest BCUT2D eigenvalue weighted by atomic mass is 35.5. The second-order valence-electron chi connectivity index (χ2n) is 7.00. The Kier molecular flexibility index (Phi) is 6.14. The Labute approximate surface area is 168 Å². The van der Waals surface area contributed by atoms with Crippen LogP contribution in [0.15, 0.2) is 36.4 Å². The van der Waals surface area contributed by atoms with E-state index in [2.05, 4.69) is 5.32 Å². The average Bonchev–Trinajstić information content (AvgIpc) is 2.63. The number of halogens is 6. The first-order valence-electron chi connectivity index (χ1n) is 8.88. The molecule has 0 aromatic heterocycles. The predicted octanol–water partition coefficient (Wildman–Crippen LogP) is 5.06. The third-order valence-corrected chi connectivity index (χ3v) is 5.33. The minimum absolute atomic E-state index is 0.196. The van der Waals surface area contributed by atoms with Crippen LogP contribution in [-0.4, -0.2) is 23.2 Å². The molecule has 3 rings (SSSR count). The number of hydrogen-bond acceptors (Lipinski definition) is 2. The molecule has 0 bridgehead atoms. The highest BCUT2D eigenvalue weighted by molar-refractivity contribution is 6.31. The average molecular weight is 434 g/mol. The standard InChI is InChI=1S/C20H17ClF5NO2/c21-15-5-4-12(22)9-14(15)18-16(2-1-3-17(18)28)27-19(29)10-6-11(20(24,25)26)8-13(23)7-10/h4-9,16-18,28H,1-3H2,(H,27,29)/t16?,17?,18-/m0/s1. The summed E-state index contributed by atoms with van der Waals surface area (Å²) in [5.74, 6) is -3.45. The lowest BCUT2D eigenvalue weighted by molar-refractivity contribution is -0.137. The van der Waals surface area contributed by atoms with Crippen molar-refractivity contribution >= 4 is 17.5 Å². The Morgan fingerprint density at radius 2 is 1.79 bits per heavy atom. The van der Waals surface area contributed by atoms with Gasteiger partial charge in [0, 0.05) is 22.5 Å². The van der Waals surface area contributed by atoms with Crippen molar-refractivity contribution in [3.63, 3.8) is 0 Å². The van der Waals surface area contributed by atoms with Crippen LogP contribution in [0, 0.1) is 11.6 Å². The number of benzene rings is 2. The van der Waals surface area contributed by atoms with E-state index in [1.165, 1.54) is 6.07 Å². The minimum Gasteiger partial charge on any atom is -0.392 e. The summed E-state index contributed by atoms with van der Waals surface area (Å²) in [4.78, 5) is 12.5. The second kappa shape index (κ2) is 8.28. The van der Waals surface area contributed by atoms with Crippen molar-refractivity contribution in [1.29, 1.82) is 0 Å². The van der Waals surface area contributed by atoms with Crippen LogP contribution in [0.25, 0.3) is 0 Å². The molecule has 2 unspecified atom stereocenters. The number of rotatable bonds is 3. The molecular formula is C20H17ClF5NO2. The molecule has 29 heavy (non-hydrogen) atoms. The molecule has 0 aliphatic heterocycles. The normalized spacial score (nSPS) is 22.4. The van der Waals surface area contributed by atoms with E-state index in [9.17, 15) is 31.9 Å². The number of aliphatic hydroxyl groups is 1. The summed E-state index contributed by atoms with van der Waals surface area (Å²) >= 11 is 6.14. The molecule has 1 aliphatic carbocycles. The highest BCUT2D eigenvalue weighted by Crippen LogP contribution is 2.37. The predicted molar refractivity (Wildman–Crippen MR) is 96.7 cm³/mol. The summed E-state index contributed by atoms with van der Waals surface area (Å²) in [6.45, 7) is 0. The van der Waals surface area contributed by atoms with Crippen molar-refractivity contribution in [3.8, 4) is 0 Å². The fourth-order valence-electron chi connectivity index (χ4n) is 3.67. The number of carbonyl (C=O) groups excluding carboxylic acids is 1. The Bertz CT molecular complexity index is 918. The fraction of sp³-hybridized carbons (Fsp3) is 0.350. The van der Waals surface area contributed by atoms with Gasteiger partial charge >= 0.3 is 6.18 Å². The summed E-state index contributed by atoms with van der Waals surface area (Å²) in [5.41, 5.74) is -1.49. The number of nitrogens with one attached hydrogen (secondary N) is 1. The first-order chi connectivity index (χ1) is 13.6. The molecule has 2 aromatic carbocycles. The molecular weight excluding hydrogens is 417 g/mol. The van der Waals surface area contributed by atoms with Gasteiger partial charge in [0.25, 0.3) is 5.91 Å². The van der Waals surface area contributed by atoms with Crippen LogP contribution >= 0.6 is 11.6 Å². The van der Waals surface area contributed by atoms with Crippen molar-refractivity contribution in [2.24, 2.45) is 0 Å². The van der Waals surface area contributed by atoms with Gasteiger partial charge in [-0.05, 0) is 61.2 Å². The molecule has 1 fully saturated rings. The molecule has 1 amide bonds. The van der Waals surface area contributed by atoms with Crippen molar-refractivity contribution < 1.29 is 31.9 Å². The molecule has 3 atom stereocenters. The zero-order chi connectivity index (χ0) is 21.3. The molecule has 1 saturated carbocycles. The van der Waals surface area contributed by atoms with Gasteiger partial charge in [0.15, 0.2) is 0 Å². The van der Waals surface area contributed by atoms with E-state index in [1.54, 1.807) is 0 Å². The van der Waals surface area contributed by atoms with Gasteiger partial charge in [0.2, 0.25) is 0 Å². The summed E-state index contributed by atoms with van der Waals surface area (Å²) in [7, 11) is 0. The Balaban J connectivity index is 1.90. The molecule has 156 valence electrons. The second-order valence-corrected chi connectivity index (χ2v) is 7.40.